The zero-order valence-corrected chi connectivity index (χ0v) is 18.3. The molecule has 8 rings (SSSR count). The van der Waals surface area contributed by atoms with Crippen LogP contribution in [-0.2, 0) is 14.3 Å². The molecular formula is C23H32BrNO3. The van der Waals surface area contributed by atoms with Crippen LogP contribution in [0.5, 0.6) is 0 Å². The Bertz CT molecular complexity index is 669. The highest BCUT2D eigenvalue weighted by molar-refractivity contribution is 9.10. The van der Waals surface area contributed by atoms with Crippen LogP contribution in [0.25, 0.3) is 0 Å². The number of carbonyl (C=O) groups is 2. The number of carbonyl (C=O) groups excluding carboxylic acids is 2. The van der Waals surface area contributed by atoms with Crippen molar-refractivity contribution in [3.8, 4) is 0 Å². The lowest BCUT2D eigenvalue weighted by Gasteiger charge is -2.58. The molecule has 8 saturated carbocycles. The zero-order chi connectivity index (χ0) is 19.1. The second-order valence-corrected chi connectivity index (χ2v) is 13.4. The summed E-state index contributed by atoms with van der Waals surface area (Å²) in [6, 6.07) is 0. The van der Waals surface area contributed by atoms with Gasteiger partial charge in [-0.15, -0.1) is 0 Å². The first kappa shape index (κ1) is 18.2. The molecule has 0 radical (unpaired) electrons. The van der Waals surface area contributed by atoms with E-state index in [2.05, 4.69) is 21.2 Å². The molecule has 0 unspecified atom stereocenters. The van der Waals surface area contributed by atoms with E-state index in [0.29, 0.717) is 11.8 Å². The number of hydrogen-bond donors (Lipinski definition) is 1. The molecular weight excluding hydrogens is 418 g/mol. The van der Waals surface area contributed by atoms with Crippen LogP contribution >= 0.6 is 15.9 Å². The van der Waals surface area contributed by atoms with E-state index in [1.54, 1.807) is 0 Å². The summed E-state index contributed by atoms with van der Waals surface area (Å²) in [5, 5.41) is 3.34. The second-order valence-electron chi connectivity index (χ2n) is 11.7. The molecule has 0 aromatic rings. The normalized spacial score (nSPS) is 52.7. The summed E-state index contributed by atoms with van der Waals surface area (Å²) in [6.45, 7) is -0.0903. The summed E-state index contributed by atoms with van der Waals surface area (Å²) in [7, 11) is 0. The predicted molar refractivity (Wildman–Crippen MR) is 109 cm³/mol. The molecule has 8 aliphatic carbocycles. The highest BCUT2D eigenvalue weighted by Crippen LogP contribution is 2.64. The maximum absolute atomic E-state index is 13.1. The lowest BCUT2D eigenvalue weighted by atomic mass is 9.49. The van der Waals surface area contributed by atoms with Crippen LogP contribution in [0.4, 0.5) is 0 Å². The van der Waals surface area contributed by atoms with Crippen LogP contribution in [-0.4, -0.2) is 28.3 Å². The van der Waals surface area contributed by atoms with Crippen LogP contribution < -0.4 is 5.32 Å². The molecule has 0 heterocycles. The van der Waals surface area contributed by atoms with Crippen molar-refractivity contribution in [1.82, 2.24) is 5.32 Å². The van der Waals surface area contributed by atoms with Crippen molar-refractivity contribution in [2.75, 3.05) is 6.61 Å². The largest absolute Gasteiger partial charge is 0.455 e. The third-order valence-electron chi connectivity index (χ3n) is 9.20. The van der Waals surface area contributed by atoms with Crippen LogP contribution in [0.3, 0.4) is 0 Å². The number of alkyl halides is 1. The average molecular weight is 450 g/mol. The summed E-state index contributed by atoms with van der Waals surface area (Å²) >= 11 is 3.96. The number of ether oxygens (including phenoxy) is 1. The lowest BCUT2D eigenvalue weighted by Crippen LogP contribution is -2.60. The number of amides is 1. The Kier molecular flexibility index (Phi) is 3.89. The van der Waals surface area contributed by atoms with Gasteiger partial charge in [0, 0.05) is 9.86 Å². The van der Waals surface area contributed by atoms with Crippen LogP contribution in [0, 0.1) is 35.0 Å². The van der Waals surface area contributed by atoms with Crippen molar-refractivity contribution < 1.29 is 14.3 Å². The average Bonchev–Trinajstić information content (AvgIpc) is 2.55. The lowest BCUT2D eigenvalue weighted by molar-refractivity contribution is -0.171. The van der Waals surface area contributed by atoms with E-state index in [9.17, 15) is 9.59 Å². The maximum Gasteiger partial charge on any atom is 0.312 e. The number of nitrogens with one attached hydrogen (secondary N) is 1. The van der Waals surface area contributed by atoms with E-state index in [0.717, 1.165) is 56.3 Å². The summed E-state index contributed by atoms with van der Waals surface area (Å²) < 4.78 is 5.81. The predicted octanol–water partition coefficient (Wildman–Crippen LogP) is 4.35. The molecule has 8 bridgehead atoms. The van der Waals surface area contributed by atoms with Gasteiger partial charge in [-0.25, -0.2) is 0 Å². The van der Waals surface area contributed by atoms with Gasteiger partial charge in [-0.3, -0.25) is 9.59 Å². The number of hydrogen-bond acceptors (Lipinski definition) is 3. The monoisotopic (exact) mass is 449 g/mol. The smallest absolute Gasteiger partial charge is 0.312 e. The van der Waals surface area contributed by atoms with Crippen LogP contribution in [0.1, 0.15) is 77.0 Å². The number of halogens is 1. The van der Waals surface area contributed by atoms with E-state index in [4.69, 9.17) is 4.74 Å². The van der Waals surface area contributed by atoms with Gasteiger partial charge in [0.25, 0.3) is 5.91 Å². The molecule has 0 spiro atoms. The third-order valence-corrected chi connectivity index (χ3v) is 10.1. The van der Waals surface area contributed by atoms with E-state index in [1.165, 1.54) is 38.5 Å². The minimum absolute atomic E-state index is 0.00115. The molecule has 1 N–H and O–H groups in total. The minimum atomic E-state index is -0.339. The molecule has 0 aliphatic heterocycles. The highest BCUT2D eigenvalue weighted by atomic mass is 79.9. The Morgan fingerprint density at radius 2 is 1.36 bits per heavy atom. The van der Waals surface area contributed by atoms with Crippen molar-refractivity contribution >= 4 is 27.8 Å². The molecule has 0 aromatic carbocycles. The third kappa shape index (κ3) is 2.89. The number of rotatable bonds is 4. The molecule has 154 valence electrons. The maximum atomic E-state index is 13.1. The quantitative estimate of drug-likeness (QED) is 0.512. The Morgan fingerprint density at radius 3 is 1.89 bits per heavy atom. The summed E-state index contributed by atoms with van der Waals surface area (Å²) in [5.74, 6) is 3.52. The fourth-order valence-corrected chi connectivity index (χ4v) is 10.7. The summed E-state index contributed by atoms with van der Waals surface area (Å²) in [5.41, 5.74) is -0.340. The molecule has 0 saturated heterocycles. The summed E-state index contributed by atoms with van der Waals surface area (Å²) in [4.78, 5) is 25.8. The van der Waals surface area contributed by atoms with E-state index in [1.807, 2.05) is 0 Å². The number of esters is 1. The Balaban J connectivity index is 1.09. The van der Waals surface area contributed by atoms with Gasteiger partial charge >= 0.3 is 5.97 Å². The molecule has 4 nitrogen and oxygen atoms in total. The van der Waals surface area contributed by atoms with Gasteiger partial charge in [0.15, 0.2) is 6.61 Å². The van der Waals surface area contributed by atoms with Gasteiger partial charge in [-0.2, -0.15) is 0 Å². The highest BCUT2D eigenvalue weighted by Gasteiger charge is 2.60. The fourth-order valence-electron chi connectivity index (χ4n) is 9.27. The topological polar surface area (TPSA) is 55.4 Å². The standard InChI is InChI=1S/C23H32BrNO3/c24-22-7-17-4-18(8-22)6-21(5-17,13-22)20(27)28-12-19(26)25-23-9-14-1-15(10-23)3-16(2-14)11-23/h14-18H,1-13H2,(H,25,26)/t14?,15?,16?,17-,18-,21?,22?,23?/m1/s1. The molecule has 28 heavy (non-hydrogen) atoms. The first-order valence-corrected chi connectivity index (χ1v) is 12.3. The molecule has 1 amide bonds. The Morgan fingerprint density at radius 1 is 0.821 bits per heavy atom. The Labute approximate surface area is 176 Å². The van der Waals surface area contributed by atoms with Crippen molar-refractivity contribution in [3.05, 3.63) is 0 Å². The van der Waals surface area contributed by atoms with E-state index >= 15 is 0 Å². The minimum Gasteiger partial charge on any atom is -0.455 e. The van der Waals surface area contributed by atoms with Gasteiger partial charge in [0.05, 0.1) is 5.41 Å². The van der Waals surface area contributed by atoms with Crippen molar-refractivity contribution in [1.29, 1.82) is 0 Å². The second kappa shape index (κ2) is 5.98. The first-order chi connectivity index (χ1) is 13.3. The van der Waals surface area contributed by atoms with Crippen molar-refractivity contribution in [2.45, 2.75) is 86.9 Å². The Hall–Kier alpha value is -0.580. The van der Waals surface area contributed by atoms with Gasteiger partial charge in [0.2, 0.25) is 0 Å². The SMILES string of the molecule is O=C(COC(=O)C12C[C@H]3C[C@@H](CC(Br)(C3)C1)C2)NC12CC3CC(CC(C3)C1)C2. The molecule has 2 atom stereocenters. The van der Waals surface area contributed by atoms with Crippen LogP contribution in [0.2, 0.25) is 0 Å². The van der Waals surface area contributed by atoms with Gasteiger partial charge < -0.3 is 10.1 Å². The van der Waals surface area contributed by atoms with Crippen LogP contribution in [0.15, 0.2) is 0 Å². The summed E-state index contributed by atoms with van der Waals surface area (Å²) in [6.07, 6.45) is 14.0. The molecule has 0 aromatic heterocycles. The fraction of sp³-hybridized carbons (Fsp3) is 0.913. The molecule has 8 fully saturated rings. The van der Waals surface area contributed by atoms with Gasteiger partial charge in [-0.05, 0) is 107 Å². The van der Waals surface area contributed by atoms with E-state index in [-0.39, 0.29) is 33.8 Å². The first-order valence-electron chi connectivity index (χ1n) is 11.5. The molecule has 5 heteroatoms. The van der Waals surface area contributed by atoms with E-state index < -0.39 is 0 Å². The van der Waals surface area contributed by atoms with Gasteiger partial charge in [-0.1, -0.05) is 15.9 Å². The van der Waals surface area contributed by atoms with Gasteiger partial charge in [0.1, 0.15) is 0 Å². The van der Waals surface area contributed by atoms with Crippen molar-refractivity contribution in [2.24, 2.45) is 35.0 Å². The zero-order valence-electron chi connectivity index (χ0n) is 16.7. The molecule has 8 aliphatic rings. The van der Waals surface area contributed by atoms with Crippen molar-refractivity contribution in [3.63, 3.8) is 0 Å².